The number of rotatable bonds is 8. The van der Waals surface area contributed by atoms with Crippen molar-refractivity contribution >= 4 is 45.3 Å². The first kappa shape index (κ1) is 26.6. The van der Waals surface area contributed by atoms with Gasteiger partial charge in [-0.2, -0.15) is 0 Å². The van der Waals surface area contributed by atoms with E-state index in [-0.39, 0.29) is 11.1 Å². The molecular formula is C32H28N2O6. The van der Waals surface area contributed by atoms with Crippen molar-refractivity contribution in [2.45, 2.75) is 40.8 Å². The Kier molecular flexibility index (Phi) is 6.63. The molecule has 0 atom stereocenters. The summed E-state index contributed by atoms with van der Waals surface area (Å²) in [6.45, 7) is 8.66. The third-order valence-electron chi connectivity index (χ3n) is 7.66. The van der Waals surface area contributed by atoms with Crippen LogP contribution in [0.3, 0.4) is 0 Å². The molecule has 0 aliphatic rings. The highest BCUT2D eigenvalue weighted by Gasteiger charge is 2.31. The van der Waals surface area contributed by atoms with E-state index in [1.165, 1.54) is 0 Å². The number of hydrogen-bond donors (Lipinski definition) is 2. The van der Waals surface area contributed by atoms with Crippen molar-refractivity contribution in [2.75, 3.05) is 0 Å². The van der Waals surface area contributed by atoms with Crippen LogP contribution in [0, 0.1) is 13.8 Å². The number of benzene rings is 3. The lowest BCUT2D eigenvalue weighted by Crippen LogP contribution is -2.18. The van der Waals surface area contributed by atoms with Crippen LogP contribution in [0.4, 0.5) is 0 Å². The molecule has 0 fully saturated rings. The van der Waals surface area contributed by atoms with E-state index in [2.05, 4.69) is 0 Å². The fourth-order valence-corrected chi connectivity index (χ4v) is 5.85. The standard InChI is InChI=1S/C32H28N2O6/c1-5-33-17(3)27(19-11-7-9-13-25(19)33)29(35)21-15-22(24(32(39)40)16-23(21)31(37)38)30(36)28-18(4)34(6-2)26-14-10-8-12-20(26)28/h7-16H,5-6H2,1-4H3,(H,37,38)(H,39,40). The van der Waals surface area contributed by atoms with Crippen LogP contribution in [0.15, 0.2) is 60.7 Å². The zero-order chi connectivity index (χ0) is 28.9. The van der Waals surface area contributed by atoms with Gasteiger partial charge in [-0.15, -0.1) is 0 Å². The van der Waals surface area contributed by atoms with Gasteiger partial charge in [-0.25, -0.2) is 9.59 Å². The number of carboxylic acid groups (broad SMARTS) is 2. The number of ketones is 2. The van der Waals surface area contributed by atoms with E-state index in [1.54, 1.807) is 38.1 Å². The van der Waals surface area contributed by atoms with Crippen LogP contribution in [0.1, 0.15) is 77.8 Å². The Bertz CT molecular complexity index is 1760. The lowest BCUT2D eigenvalue weighted by atomic mass is 9.88. The molecule has 3 aromatic carbocycles. The van der Waals surface area contributed by atoms with Crippen LogP contribution < -0.4 is 0 Å². The predicted octanol–water partition coefficient (Wildman–Crippen LogP) is 6.11. The first-order valence-corrected chi connectivity index (χ1v) is 13.0. The molecule has 0 unspecified atom stereocenters. The minimum Gasteiger partial charge on any atom is -0.478 e. The summed E-state index contributed by atoms with van der Waals surface area (Å²) in [5, 5.41) is 21.4. The second-order valence-electron chi connectivity index (χ2n) is 9.66. The summed E-state index contributed by atoms with van der Waals surface area (Å²) in [6, 6.07) is 16.7. The second-order valence-corrected chi connectivity index (χ2v) is 9.66. The monoisotopic (exact) mass is 536 g/mol. The maximum absolute atomic E-state index is 14.1. The zero-order valence-electron chi connectivity index (χ0n) is 22.6. The molecule has 0 aliphatic heterocycles. The van der Waals surface area contributed by atoms with Crippen LogP contribution in [-0.2, 0) is 13.1 Å². The van der Waals surface area contributed by atoms with Crippen molar-refractivity contribution in [1.29, 1.82) is 0 Å². The normalized spacial score (nSPS) is 11.3. The first-order valence-electron chi connectivity index (χ1n) is 13.0. The number of nitrogens with zero attached hydrogens (tertiary/aromatic N) is 2. The Balaban J connectivity index is 1.80. The molecule has 0 amide bonds. The molecule has 8 nitrogen and oxygen atoms in total. The van der Waals surface area contributed by atoms with Crippen LogP contribution >= 0.6 is 0 Å². The molecule has 0 spiro atoms. The molecule has 2 aromatic heterocycles. The lowest BCUT2D eigenvalue weighted by molar-refractivity contribution is 0.0690. The van der Waals surface area contributed by atoms with Gasteiger partial charge in [0.25, 0.3) is 0 Å². The summed E-state index contributed by atoms with van der Waals surface area (Å²) < 4.78 is 3.92. The number of carboxylic acids is 2. The van der Waals surface area contributed by atoms with E-state index in [0.29, 0.717) is 46.4 Å². The number of aromatic carboxylic acids is 2. The van der Waals surface area contributed by atoms with Gasteiger partial charge < -0.3 is 19.3 Å². The highest BCUT2D eigenvalue weighted by atomic mass is 16.4. The summed E-state index contributed by atoms with van der Waals surface area (Å²) >= 11 is 0. The molecule has 0 aliphatic carbocycles. The number of carbonyl (C=O) groups is 4. The van der Waals surface area contributed by atoms with Crippen molar-refractivity contribution in [1.82, 2.24) is 9.13 Å². The predicted molar refractivity (Wildman–Crippen MR) is 152 cm³/mol. The van der Waals surface area contributed by atoms with Crippen molar-refractivity contribution in [3.8, 4) is 0 Å². The summed E-state index contributed by atoms with van der Waals surface area (Å²) in [5.41, 5.74) is 2.18. The molecule has 0 saturated heterocycles. The zero-order valence-corrected chi connectivity index (χ0v) is 22.6. The minimum absolute atomic E-state index is 0.236. The maximum atomic E-state index is 14.1. The van der Waals surface area contributed by atoms with E-state index in [0.717, 1.165) is 23.2 Å². The third kappa shape index (κ3) is 3.91. The van der Waals surface area contributed by atoms with E-state index in [1.807, 2.05) is 47.2 Å². The van der Waals surface area contributed by atoms with E-state index >= 15 is 0 Å². The Morgan fingerprint density at radius 3 is 1.30 bits per heavy atom. The van der Waals surface area contributed by atoms with Gasteiger partial charge in [-0.1, -0.05) is 36.4 Å². The summed E-state index contributed by atoms with van der Waals surface area (Å²) in [7, 11) is 0. The van der Waals surface area contributed by atoms with E-state index in [4.69, 9.17) is 0 Å². The van der Waals surface area contributed by atoms with Crippen molar-refractivity contribution < 1.29 is 29.4 Å². The Morgan fingerprint density at radius 2 is 0.950 bits per heavy atom. The largest absolute Gasteiger partial charge is 0.478 e. The number of para-hydroxylation sites is 2. The van der Waals surface area contributed by atoms with Crippen LogP contribution in [0.2, 0.25) is 0 Å². The van der Waals surface area contributed by atoms with Gasteiger partial charge in [0.1, 0.15) is 0 Å². The number of aromatic nitrogens is 2. The summed E-state index contributed by atoms with van der Waals surface area (Å²) in [6.07, 6.45) is 0. The summed E-state index contributed by atoms with van der Waals surface area (Å²) in [4.78, 5) is 52.9. The molecule has 2 heterocycles. The lowest BCUT2D eigenvalue weighted by Gasteiger charge is -2.13. The average Bonchev–Trinajstić information content (AvgIpc) is 3.40. The minimum atomic E-state index is -1.46. The maximum Gasteiger partial charge on any atom is 0.336 e. The van der Waals surface area contributed by atoms with Crippen molar-refractivity contribution in [2.24, 2.45) is 0 Å². The second kappa shape index (κ2) is 9.96. The quantitative estimate of drug-likeness (QED) is 0.231. The van der Waals surface area contributed by atoms with Gasteiger partial charge in [-0.05, 0) is 52.0 Å². The molecule has 2 N–H and O–H groups in total. The average molecular weight is 537 g/mol. The molecule has 0 bridgehead atoms. The van der Waals surface area contributed by atoms with Gasteiger partial charge in [0, 0.05) is 57.4 Å². The topological polar surface area (TPSA) is 119 Å². The van der Waals surface area contributed by atoms with Crippen LogP contribution in [0.5, 0.6) is 0 Å². The molecule has 5 aromatic rings. The van der Waals surface area contributed by atoms with Crippen LogP contribution in [0.25, 0.3) is 21.8 Å². The molecule has 40 heavy (non-hydrogen) atoms. The fourth-order valence-electron chi connectivity index (χ4n) is 5.85. The van der Waals surface area contributed by atoms with E-state index in [9.17, 15) is 29.4 Å². The highest BCUT2D eigenvalue weighted by molar-refractivity contribution is 6.25. The SMILES string of the molecule is CCn1c(C)c(C(=O)c2cc(C(=O)c3c(C)n(CC)c4ccccc34)c(C(=O)O)cc2C(=O)O)c2ccccc21. The Hall–Kier alpha value is -4.98. The van der Waals surface area contributed by atoms with Crippen molar-refractivity contribution in [3.05, 3.63) is 105 Å². The Morgan fingerprint density at radius 1 is 0.600 bits per heavy atom. The molecular weight excluding hydrogens is 508 g/mol. The molecule has 0 saturated carbocycles. The third-order valence-corrected chi connectivity index (χ3v) is 7.66. The van der Waals surface area contributed by atoms with Gasteiger partial charge >= 0.3 is 11.9 Å². The molecule has 0 radical (unpaired) electrons. The van der Waals surface area contributed by atoms with Gasteiger partial charge in [-0.3, -0.25) is 9.59 Å². The Labute approximate surface area is 230 Å². The highest BCUT2D eigenvalue weighted by Crippen LogP contribution is 2.33. The molecule has 202 valence electrons. The fraction of sp³-hybridized carbons (Fsp3) is 0.188. The van der Waals surface area contributed by atoms with Crippen molar-refractivity contribution in [3.63, 3.8) is 0 Å². The number of carbonyl (C=O) groups excluding carboxylic acids is 2. The van der Waals surface area contributed by atoms with Crippen LogP contribution in [-0.4, -0.2) is 42.9 Å². The van der Waals surface area contributed by atoms with Gasteiger partial charge in [0.15, 0.2) is 11.6 Å². The first-order chi connectivity index (χ1) is 19.1. The summed E-state index contributed by atoms with van der Waals surface area (Å²) in [5.74, 6) is -4.09. The van der Waals surface area contributed by atoms with Gasteiger partial charge in [0.05, 0.1) is 22.3 Å². The molecule has 5 rings (SSSR count). The molecule has 8 heteroatoms. The smallest absolute Gasteiger partial charge is 0.336 e. The number of hydrogen-bond acceptors (Lipinski definition) is 4. The number of fused-ring (bicyclic) bond motifs is 2. The van der Waals surface area contributed by atoms with E-state index < -0.39 is 34.6 Å². The number of aryl methyl sites for hydroxylation is 2. The van der Waals surface area contributed by atoms with Gasteiger partial charge in [0.2, 0.25) is 0 Å².